The fourth-order valence-corrected chi connectivity index (χ4v) is 2.65. The smallest absolute Gasteiger partial charge is 0.183 e. The summed E-state index contributed by atoms with van der Waals surface area (Å²) >= 11 is 0. The summed E-state index contributed by atoms with van der Waals surface area (Å²) in [6.07, 6.45) is 1.39. The summed E-state index contributed by atoms with van der Waals surface area (Å²) in [6, 6.07) is 6.41. The first kappa shape index (κ1) is 13.0. The van der Waals surface area contributed by atoms with Gasteiger partial charge in [0.2, 0.25) is 0 Å². The molecule has 0 bridgehead atoms. The van der Waals surface area contributed by atoms with E-state index in [9.17, 15) is 14.3 Å². The van der Waals surface area contributed by atoms with Crippen LogP contribution in [0.2, 0.25) is 0 Å². The van der Waals surface area contributed by atoms with Crippen molar-refractivity contribution in [3.05, 3.63) is 30.1 Å². The lowest BCUT2D eigenvalue weighted by atomic mass is 10.0. The summed E-state index contributed by atoms with van der Waals surface area (Å²) in [5, 5.41) is 11.0. The first-order chi connectivity index (χ1) is 8.53. The second kappa shape index (κ2) is 5.04. The van der Waals surface area contributed by atoms with Crippen LogP contribution in [0.4, 0.5) is 10.1 Å². The third kappa shape index (κ3) is 2.52. The highest BCUT2D eigenvalue weighted by Gasteiger charge is 2.37. The molecule has 2 N–H and O–H groups in total. The molecule has 0 aromatic heterocycles. The molecule has 1 saturated heterocycles. The fraction of sp³-hybridized carbons (Fsp3) is 0.462. The normalized spacial score (nSPS) is 28.0. The lowest BCUT2D eigenvalue weighted by molar-refractivity contribution is -0.306. The quantitative estimate of drug-likeness (QED) is 0.770. The van der Waals surface area contributed by atoms with E-state index in [1.165, 1.54) is 6.07 Å². The van der Waals surface area contributed by atoms with Gasteiger partial charge in [0.05, 0.1) is 19.1 Å². The summed E-state index contributed by atoms with van der Waals surface area (Å²) in [5.74, 6) is -1.53. The second-order valence-electron chi connectivity index (χ2n) is 4.91. The third-order valence-electron chi connectivity index (χ3n) is 3.65. The van der Waals surface area contributed by atoms with Crippen LogP contribution < -0.4 is 15.3 Å². The molecule has 5 heteroatoms. The highest BCUT2D eigenvalue weighted by atomic mass is 19.1. The number of nitrogens with zero attached hydrogens (tertiary/aromatic N) is 1. The molecule has 1 heterocycles. The number of hydrogen-bond donors (Lipinski definition) is 1. The molecule has 1 aromatic rings. The molecule has 0 radical (unpaired) electrons. The molecular formula is C13H17FN2O2. The second-order valence-corrected chi connectivity index (χ2v) is 4.91. The first-order valence-electron chi connectivity index (χ1n) is 6.10. The van der Waals surface area contributed by atoms with Crippen molar-refractivity contribution < 1.29 is 14.3 Å². The number of carbonyl (C=O) groups excluding carboxylic acids is 1. The van der Waals surface area contributed by atoms with Crippen LogP contribution in [-0.2, 0) is 4.79 Å². The third-order valence-corrected chi connectivity index (χ3v) is 3.65. The van der Waals surface area contributed by atoms with Crippen molar-refractivity contribution in [2.75, 3.05) is 19.6 Å². The number of halogens is 1. The van der Waals surface area contributed by atoms with Crippen molar-refractivity contribution in [1.82, 2.24) is 4.48 Å². The number of carboxylic acids is 1. The van der Waals surface area contributed by atoms with E-state index in [-0.39, 0.29) is 22.9 Å². The molecule has 1 aromatic carbocycles. The number of carboxylic acid groups (broad SMARTS) is 1. The van der Waals surface area contributed by atoms with Gasteiger partial charge in [-0.2, -0.15) is 0 Å². The summed E-state index contributed by atoms with van der Waals surface area (Å²) in [5.41, 5.74) is 6.26. The van der Waals surface area contributed by atoms with Gasteiger partial charge in [0.1, 0.15) is 6.54 Å². The van der Waals surface area contributed by atoms with Crippen molar-refractivity contribution in [3.63, 3.8) is 0 Å². The molecule has 0 saturated carbocycles. The van der Waals surface area contributed by atoms with Crippen LogP contribution in [0, 0.1) is 5.82 Å². The molecule has 0 amide bonds. The Hall–Kier alpha value is -1.46. The molecule has 2 rings (SSSR count). The van der Waals surface area contributed by atoms with Crippen molar-refractivity contribution in [2.24, 2.45) is 5.73 Å². The Morgan fingerprint density at radius 2 is 2.00 bits per heavy atom. The van der Waals surface area contributed by atoms with E-state index in [4.69, 9.17) is 5.73 Å². The molecule has 1 aliphatic heterocycles. The summed E-state index contributed by atoms with van der Waals surface area (Å²) in [4.78, 5) is 11.0. The van der Waals surface area contributed by atoms with E-state index < -0.39 is 5.97 Å². The molecule has 4 nitrogen and oxygen atoms in total. The average molecular weight is 252 g/mol. The van der Waals surface area contributed by atoms with Crippen molar-refractivity contribution in [2.45, 2.75) is 18.9 Å². The molecule has 0 atom stereocenters. The highest BCUT2D eigenvalue weighted by Crippen LogP contribution is 2.30. The van der Waals surface area contributed by atoms with Crippen LogP contribution in [0.3, 0.4) is 0 Å². The first-order valence-corrected chi connectivity index (χ1v) is 6.10. The SMILES string of the molecule is NC1CC[N+](CC(=O)[O-])(c2ccccc2F)CC1. The van der Waals surface area contributed by atoms with Crippen LogP contribution in [-0.4, -0.2) is 31.6 Å². The summed E-state index contributed by atoms with van der Waals surface area (Å²) in [6.45, 7) is 0.875. The number of para-hydroxylation sites is 1. The molecule has 98 valence electrons. The minimum absolute atomic E-state index is 0.0739. The van der Waals surface area contributed by atoms with Gasteiger partial charge in [0, 0.05) is 24.9 Å². The van der Waals surface area contributed by atoms with E-state index in [2.05, 4.69) is 0 Å². The van der Waals surface area contributed by atoms with E-state index >= 15 is 0 Å². The average Bonchev–Trinajstić information content (AvgIpc) is 2.32. The Kier molecular flexibility index (Phi) is 3.63. The van der Waals surface area contributed by atoms with Crippen LogP contribution in [0.25, 0.3) is 0 Å². The minimum Gasteiger partial charge on any atom is -0.544 e. The van der Waals surface area contributed by atoms with Crippen LogP contribution in [0.15, 0.2) is 24.3 Å². The number of quaternary nitrogens is 1. The zero-order valence-corrected chi connectivity index (χ0v) is 10.1. The zero-order valence-electron chi connectivity index (χ0n) is 10.1. The minimum atomic E-state index is -1.16. The zero-order chi connectivity index (χ0) is 13.2. The highest BCUT2D eigenvalue weighted by molar-refractivity contribution is 5.70. The van der Waals surface area contributed by atoms with E-state index in [1.54, 1.807) is 18.2 Å². The predicted molar refractivity (Wildman–Crippen MR) is 65.0 cm³/mol. The number of nitrogens with two attached hydrogens (primary N) is 1. The Bertz CT molecular complexity index is 442. The number of carbonyl (C=O) groups is 1. The number of likely N-dealkylation sites (tertiary alicyclic amines) is 1. The Morgan fingerprint density at radius 3 is 2.56 bits per heavy atom. The molecule has 18 heavy (non-hydrogen) atoms. The van der Waals surface area contributed by atoms with Gasteiger partial charge in [-0.1, -0.05) is 12.1 Å². The molecule has 0 unspecified atom stereocenters. The van der Waals surface area contributed by atoms with Crippen molar-refractivity contribution >= 4 is 11.7 Å². The molecule has 1 aliphatic rings. The monoisotopic (exact) mass is 252 g/mol. The maximum atomic E-state index is 13.9. The van der Waals surface area contributed by atoms with Gasteiger partial charge < -0.3 is 15.6 Å². The number of aliphatic carboxylic acids is 1. The summed E-state index contributed by atoms with van der Waals surface area (Å²) < 4.78 is 14.0. The molecule has 1 fully saturated rings. The largest absolute Gasteiger partial charge is 0.544 e. The molecule has 0 spiro atoms. The Balaban J connectivity index is 2.36. The van der Waals surface area contributed by atoms with E-state index in [0.717, 1.165) is 0 Å². The van der Waals surface area contributed by atoms with Gasteiger partial charge in [0.15, 0.2) is 11.5 Å². The van der Waals surface area contributed by atoms with Gasteiger partial charge >= 0.3 is 0 Å². The van der Waals surface area contributed by atoms with Gasteiger partial charge in [-0.05, 0) is 6.07 Å². The lowest BCUT2D eigenvalue weighted by Crippen LogP contribution is -2.61. The van der Waals surface area contributed by atoms with Crippen molar-refractivity contribution in [1.29, 1.82) is 0 Å². The van der Waals surface area contributed by atoms with Crippen LogP contribution >= 0.6 is 0 Å². The Labute approximate surface area is 105 Å². The van der Waals surface area contributed by atoms with Gasteiger partial charge in [-0.15, -0.1) is 0 Å². The molecular weight excluding hydrogens is 235 g/mol. The molecule has 0 aliphatic carbocycles. The standard InChI is InChI=1S/C13H17FN2O2/c14-11-3-1-2-4-12(11)16(9-13(17)18)7-5-10(15)6-8-16/h1-4,10H,5-9,15H2. The lowest BCUT2D eigenvalue weighted by Gasteiger charge is -2.42. The number of rotatable bonds is 3. The van der Waals surface area contributed by atoms with Crippen molar-refractivity contribution in [3.8, 4) is 0 Å². The number of piperidine rings is 1. The Morgan fingerprint density at radius 1 is 1.39 bits per heavy atom. The van der Waals surface area contributed by atoms with Gasteiger partial charge in [-0.3, -0.25) is 4.48 Å². The summed E-state index contributed by atoms with van der Waals surface area (Å²) in [7, 11) is 0. The number of benzene rings is 1. The van der Waals surface area contributed by atoms with E-state index in [1.807, 2.05) is 0 Å². The van der Waals surface area contributed by atoms with Gasteiger partial charge in [-0.25, -0.2) is 4.39 Å². The maximum absolute atomic E-state index is 13.9. The van der Waals surface area contributed by atoms with Crippen LogP contribution in [0.5, 0.6) is 0 Å². The van der Waals surface area contributed by atoms with E-state index in [0.29, 0.717) is 31.6 Å². The predicted octanol–water partition coefficient (Wildman–Crippen LogP) is 0.00400. The maximum Gasteiger partial charge on any atom is 0.183 e. The fourth-order valence-electron chi connectivity index (χ4n) is 2.65. The van der Waals surface area contributed by atoms with Crippen LogP contribution in [0.1, 0.15) is 12.8 Å². The number of hydrogen-bond acceptors (Lipinski definition) is 3. The van der Waals surface area contributed by atoms with Gasteiger partial charge in [0.25, 0.3) is 0 Å². The topological polar surface area (TPSA) is 66.2 Å².